The minimum absolute atomic E-state index is 0.103. The van der Waals surface area contributed by atoms with E-state index in [0.717, 1.165) is 5.56 Å². The van der Waals surface area contributed by atoms with Crippen molar-refractivity contribution in [2.24, 2.45) is 0 Å². The van der Waals surface area contributed by atoms with Crippen LogP contribution in [0.15, 0.2) is 42.5 Å². The van der Waals surface area contributed by atoms with Gasteiger partial charge in [0.1, 0.15) is 17.7 Å². The molecule has 3 N–H and O–H groups in total. The average molecular weight is 376 g/mol. The fourth-order valence-electron chi connectivity index (χ4n) is 2.33. The van der Waals surface area contributed by atoms with Crippen molar-refractivity contribution in [2.75, 3.05) is 0 Å². The maximum atomic E-state index is 12.7. The molecule has 2 amide bonds. The number of carbonyl (C=O) groups is 3. The summed E-state index contributed by atoms with van der Waals surface area (Å²) in [6.07, 6.45) is -0.443. The van der Waals surface area contributed by atoms with Gasteiger partial charge in [-0.25, -0.2) is 9.59 Å². The van der Waals surface area contributed by atoms with E-state index in [1.807, 2.05) is 30.3 Å². The van der Waals surface area contributed by atoms with Gasteiger partial charge in [0, 0.05) is 6.42 Å². The summed E-state index contributed by atoms with van der Waals surface area (Å²) in [7, 11) is 0. The normalized spacial score (nSPS) is 13.2. The van der Waals surface area contributed by atoms with Crippen LogP contribution in [0.5, 0.6) is 0 Å². The maximum Gasteiger partial charge on any atom is 0.408 e. The third-order valence-corrected chi connectivity index (χ3v) is 3.46. The molecule has 0 aromatic heterocycles. The quantitative estimate of drug-likeness (QED) is 0.605. The number of ether oxygens (including phenoxy) is 1. The molecule has 1 aromatic carbocycles. The van der Waals surface area contributed by atoms with E-state index in [9.17, 15) is 19.5 Å². The number of carboxylic acids is 1. The van der Waals surface area contributed by atoms with E-state index >= 15 is 0 Å². The fourth-order valence-corrected chi connectivity index (χ4v) is 2.33. The summed E-state index contributed by atoms with van der Waals surface area (Å²) in [5.41, 5.74) is 0.726. The molecule has 1 aromatic rings. The van der Waals surface area contributed by atoms with Crippen LogP contribution in [0.3, 0.4) is 0 Å². The summed E-state index contributed by atoms with van der Waals surface area (Å²) in [4.78, 5) is 36.2. The Bertz CT molecular complexity index is 679. The van der Waals surface area contributed by atoms with Gasteiger partial charge in [-0.2, -0.15) is 0 Å². The van der Waals surface area contributed by atoms with Gasteiger partial charge < -0.3 is 20.5 Å². The van der Waals surface area contributed by atoms with Crippen LogP contribution in [-0.4, -0.2) is 40.8 Å². The first-order valence-corrected chi connectivity index (χ1v) is 8.69. The maximum absolute atomic E-state index is 12.7. The molecule has 0 aliphatic rings. The molecule has 148 valence electrons. The highest BCUT2D eigenvalue weighted by Gasteiger charge is 2.28. The van der Waals surface area contributed by atoms with Crippen molar-refractivity contribution in [1.29, 1.82) is 0 Å². The number of nitrogens with one attached hydrogen (secondary N) is 2. The summed E-state index contributed by atoms with van der Waals surface area (Å²) in [5, 5.41) is 14.3. The summed E-state index contributed by atoms with van der Waals surface area (Å²) in [6.45, 7) is 10.5. The highest BCUT2D eigenvalue weighted by Crippen LogP contribution is 2.10. The van der Waals surface area contributed by atoms with Crippen molar-refractivity contribution >= 4 is 18.0 Å². The Hall–Kier alpha value is -2.83. The zero-order chi connectivity index (χ0) is 20.6. The van der Waals surface area contributed by atoms with Crippen molar-refractivity contribution in [3.63, 3.8) is 0 Å². The third kappa shape index (κ3) is 8.89. The molecular weight excluding hydrogens is 348 g/mol. The molecule has 0 bridgehead atoms. The number of hydrogen-bond donors (Lipinski definition) is 3. The van der Waals surface area contributed by atoms with Crippen LogP contribution in [0, 0.1) is 0 Å². The Morgan fingerprint density at radius 2 is 1.70 bits per heavy atom. The smallest absolute Gasteiger partial charge is 0.408 e. The number of benzene rings is 1. The van der Waals surface area contributed by atoms with Crippen molar-refractivity contribution in [3.05, 3.63) is 48.0 Å². The second kappa shape index (κ2) is 9.75. The second-order valence-electron chi connectivity index (χ2n) is 7.45. The number of amides is 2. The van der Waals surface area contributed by atoms with E-state index in [1.165, 1.54) is 0 Å². The van der Waals surface area contributed by atoms with Crippen LogP contribution >= 0.6 is 0 Å². The molecule has 27 heavy (non-hydrogen) atoms. The van der Waals surface area contributed by atoms with Crippen LogP contribution in [0.4, 0.5) is 4.79 Å². The molecule has 1 unspecified atom stereocenters. The van der Waals surface area contributed by atoms with Crippen LogP contribution in [0.2, 0.25) is 0 Å². The minimum Gasteiger partial charge on any atom is -0.480 e. The molecule has 0 aliphatic heterocycles. The average Bonchev–Trinajstić information content (AvgIpc) is 2.52. The van der Waals surface area contributed by atoms with Crippen LogP contribution < -0.4 is 10.6 Å². The van der Waals surface area contributed by atoms with Gasteiger partial charge in [0.25, 0.3) is 0 Å². The summed E-state index contributed by atoms with van der Waals surface area (Å²) in [5.74, 6) is -1.76. The van der Waals surface area contributed by atoms with E-state index in [1.54, 1.807) is 27.7 Å². The Kier molecular flexibility index (Phi) is 8.02. The van der Waals surface area contributed by atoms with Crippen LogP contribution in [-0.2, 0) is 20.7 Å². The minimum atomic E-state index is -1.16. The van der Waals surface area contributed by atoms with E-state index in [-0.39, 0.29) is 12.8 Å². The van der Waals surface area contributed by atoms with Gasteiger partial charge >= 0.3 is 12.1 Å². The van der Waals surface area contributed by atoms with Crippen molar-refractivity contribution in [1.82, 2.24) is 10.6 Å². The number of aliphatic carboxylic acids is 1. The van der Waals surface area contributed by atoms with E-state index in [2.05, 4.69) is 17.2 Å². The molecule has 0 fully saturated rings. The summed E-state index contributed by atoms with van der Waals surface area (Å²) in [6, 6.07) is 7.02. The molecule has 0 saturated carbocycles. The van der Waals surface area contributed by atoms with E-state index in [4.69, 9.17) is 4.74 Å². The van der Waals surface area contributed by atoms with Crippen LogP contribution in [0.1, 0.15) is 39.7 Å². The molecule has 0 aliphatic carbocycles. The molecule has 0 heterocycles. The first-order valence-electron chi connectivity index (χ1n) is 8.69. The molecule has 0 spiro atoms. The van der Waals surface area contributed by atoms with Gasteiger partial charge in [-0.3, -0.25) is 4.79 Å². The molecule has 2 atom stereocenters. The highest BCUT2D eigenvalue weighted by atomic mass is 16.6. The molecule has 7 nitrogen and oxygen atoms in total. The lowest BCUT2D eigenvalue weighted by Gasteiger charge is -2.24. The Balaban J connectivity index is 2.94. The molecule has 0 radical (unpaired) electrons. The summed E-state index contributed by atoms with van der Waals surface area (Å²) >= 11 is 0. The van der Waals surface area contributed by atoms with Gasteiger partial charge in [0.2, 0.25) is 5.91 Å². The van der Waals surface area contributed by atoms with Gasteiger partial charge in [0.15, 0.2) is 0 Å². The Morgan fingerprint density at radius 1 is 1.11 bits per heavy atom. The molecular formula is C20H28N2O5. The first-order chi connectivity index (χ1) is 12.5. The van der Waals surface area contributed by atoms with E-state index < -0.39 is 35.7 Å². The fraction of sp³-hybridized carbons (Fsp3) is 0.450. The summed E-state index contributed by atoms with van der Waals surface area (Å²) < 4.78 is 5.21. The van der Waals surface area contributed by atoms with Gasteiger partial charge in [0.05, 0.1) is 0 Å². The largest absolute Gasteiger partial charge is 0.480 e. The molecule has 7 heteroatoms. The van der Waals surface area contributed by atoms with E-state index in [0.29, 0.717) is 5.57 Å². The lowest BCUT2D eigenvalue weighted by molar-refractivity contribution is -0.142. The third-order valence-electron chi connectivity index (χ3n) is 3.46. The standard InChI is InChI=1S/C20H28N2O5/c1-13(2)11-16(18(24)25)21-17(23)15(12-14-9-7-6-8-10-14)22-19(26)27-20(3,4)5/h6-10,15-16H,1,11-12H2,2-5H3,(H,21,23)(H,22,26)(H,24,25)/t15-,16?/m0/s1. The van der Waals surface area contributed by atoms with Gasteiger partial charge in [-0.1, -0.05) is 35.9 Å². The zero-order valence-electron chi connectivity index (χ0n) is 16.2. The lowest BCUT2D eigenvalue weighted by atomic mass is 10.0. The molecule has 1 rings (SSSR count). The highest BCUT2D eigenvalue weighted by molar-refractivity contribution is 5.89. The predicted molar refractivity (Wildman–Crippen MR) is 102 cm³/mol. The number of hydrogen-bond acceptors (Lipinski definition) is 4. The zero-order valence-corrected chi connectivity index (χ0v) is 16.2. The first kappa shape index (κ1) is 22.2. The predicted octanol–water partition coefficient (Wildman–Crippen LogP) is 2.66. The molecule has 0 saturated heterocycles. The van der Waals surface area contributed by atoms with Crippen LogP contribution in [0.25, 0.3) is 0 Å². The topological polar surface area (TPSA) is 105 Å². The Morgan fingerprint density at radius 3 is 2.19 bits per heavy atom. The van der Waals surface area contributed by atoms with Crippen molar-refractivity contribution in [2.45, 2.75) is 58.2 Å². The van der Waals surface area contributed by atoms with Crippen molar-refractivity contribution < 1.29 is 24.2 Å². The second-order valence-corrected chi connectivity index (χ2v) is 7.45. The number of alkyl carbamates (subject to hydrolysis) is 1. The SMILES string of the molecule is C=C(C)CC(NC(=O)[C@H](Cc1ccccc1)NC(=O)OC(C)(C)C)C(=O)O. The number of carbonyl (C=O) groups excluding carboxylic acids is 2. The van der Waals surface area contributed by atoms with Gasteiger partial charge in [-0.15, -0.1) is 6.58 Å². The lowest BCUT2D eigenvalue weighted by Crippen LogP contribution is -2.53. The number of rotatable bonds is 8. The van der Waals surface area contributed by atoms with Gasteiger partial charge in [-0.05, 0) is 39.7 Å². The number of carboxylic acid groups (broad SMARTS) is 1. The monoisotopic (exact) mass is 376 g/mol. The van der Waals surface area contributed by atoms with Crippen molar-refractivity contribution in [3.8, 4) is 0 Å². The Labute approximate surface area is 159 Å².